The van der Waals surface area contributed by atoms with Crippen LogP contribution in [0.15, 0.2) is 21.9 Å². The van der Waals surface area contributed by atoms with Crippen LogP contribution in [-0.4, -0.2) is 53.4 Å². The standard InChI is InChI=1S/C16H21N3O2S/c1-3-18-6-8-19(9-7-18)15(20)11-13-12(2)21-16(17-13)14-5-4-10-22-14/h4-5,10H,3,6-9,11H2,1-2H3. The molecule has 2 aromatic rings. The molecule has 1 saturated heterocycles. The van der Waals surface area contributed by atoms with Gasteiger partial charge >= 0.3 is 0 Å². The lowest BCUT2D eigenvalue weighted by Crippen LogP contribution is -2.48. The van der Waals surface area contributed by atoms with E-state index in [9.17, 15) is 4.79 Å². The number of nitrogens with zero attached hydrogens (tertiary/aromatic N) is 3. The molecule has 0 unspecified atom stereocenters. The van der Waals surface area contributed by atoms with E-state index in [1.54, 1.807) is 11.3 Å². The highest BCUT2D eigenvalue weighted by molar-refractivity contribution is 7.13. The van der Waals surface area contributed by atoms with Crippen molar-refractivity contribution in [2.45, 2.75) is 20.3 Å². The molecule has 3 rings (SSSR count). The maximum Gasteiger partial charge on any atom is 0.236 e. The Balaban J connectivity index is 1.65. The molecule has 118 valence electrons. The average Bonchev–Trinajstić information content (AvgIpc) is 3.18. The van der Waals surface area contributed by atoms with Crippen LogP contribution in [0.4, 0.5) is 0 Å². The van der Waals surface area contributed by atoms with E-state index in [-0.39, 0.29) is 5.91 Å². The van der Waals surface area contributed by atoms with E-state index in [2.05, 4.69) is 16.8 Å². The van der Waals surface area contributed by atoms with Crippen molar-refractivity contribution in [1.82, 2.24) is 14.8 Å². The van der Waals surface area contributed by atoms with Crippen LogP contribution in [0.5, 0.6) is 0 Å². The van der Waals surface area contributed by atoms with Gasteiger partial charge in [0.05, 0.1) is 17.0 Å². The lowest BCUT2D eigenvalue weighted by molar-refractivity contribution is -0.132. The summed E-state index contributed by atoms with van der Waals surface area (Å²) in [4.78, 5) is 22.2. The van der Waals surface area contributed by atoms with Gasteiger partial charge in [-0.25, -0.2) is 4.98 Å². The second-order valence-corrected chi connectivity index (χ2v) is 6.44. The van der Waals surface area contributed by atoms with Crippen LogP contribution in [-0.2, 0) is 11.2 Å². The molecule has 0 radical (unpaired) electrons. The van der Waals surface area contributed by atoms with Crippen molar-refractivity contribution in [1.29, 1.82) is 0 Å². The van der Waals surface area contributed by atoms with Gasteiger partial charge in [0.1, 0.15) is 5.76 Å². The van der Waals surface area contributed by atoms with E-state index in [1.165, 1.54) is 0 Å². The summed E-state index contributed by atoms with van der Waals surface area (Å²) in [5, 5.41) is 1.99. The number of piperazine rings is 1. The minimum absolute atomic E-state index is 0.143. The molecule has 0 saturated carbocycles. The van der Waals surface area contributed by atoms with Crippen molar-refractivity contribution in [3.05, 3.63) is 29.0 Å². The Bertz CT molecular complexity index is 628. The number of carbonyl (C=O) groups excluding carboxylic acids is 1. The summed E-state index contributed by atoms with van der Waals surface area (Å²) >= 11 is 1.59. The summed E-state index contributed by atoms with van der Waals surface area (Å²) < 4.78 is 5.70. The molecule has 0 atom stereocenters. The number of aromatic nitrogens is 1. The minimum Gasteiger partial charge on any atom is -0.440 e. The molecule has 0 aromatic carbocycles. The van der Waals surface area contributed by atoms with Gasteiger partial charge in [0.25, 0.3) is 0 Å². The Labute approximate surface area is 134 Å². The average molecular weight is 319 g/mol. The van der Waals surface area contributed by atoms with Gasteiger partial charge in [0, 0.05) is 26.2 Å². The Hall–Kier alpha value is -1.66. The maximum atomic E-state index is 12.4. The first-order chi connectivity index (χ1) is 10.7. The zero-order chi connectivity index (χ0) is 15.5. The first-order valence-electron chi connectivity index (χ1n) is 7.67. The van der Waals surface area contributed by atoms with Gasteiger partial charge in [-0.05, 0) is 24.9 Å². The van der Waals surface area contributed by atoms with Crippen LogP contribution in [0.2, 0.25) is 0 Å². The van der Waals surface area contributed by atoms with E-state index in [4.69, 9.17) is 4.42 Å². The predicted octanol–water partition coefficient (Wildman–Crippen LogP) is 2.42. The number of aryl methyl sites for hydroxylation is 1. The Morgan fingerprint density at radius 1 is 1.36 bits per heavy atom. The molecule has 1 fully saturated rings. The number of thiophene rings is 1. The quantitative estimate of drug-likeness (QED) is 0.868. The Morgan fingerprint density at radius 3 is 2.77 bits per heavy atom. The molecule has 0 spiro atoms. The molecule has 1 amide bonds. The minimum atomic E-state index is 0.143. The number of rotatable bonds is 4. The third-order valence-electron chi connectivity index (χ3n) is 4.12. The molecule has 1 aliphatic heterocycles. The van der Waals surface area contributed by atoms with E-state index in [1.807, 2.05) is 29.3 Å². The number of likely N-dealkylation sites (N-methyl/N-ethyl adjacent to an activating group) is 1. The summed E-state index contributed by atoms with van der Waals surface area (Å²) in [6, 6.07) is 3.95. The van der Waals surface area contributed by atoms with E-state index >= 15 is 0 Å². The molecule has 2 aromatic heterocycles. The van der Waals surface area contributed by atoms with Gasteiger partial charge in [-0.3, -0.25) is 4.79 Å². The largest absolute Gasteiger partial charge is 0.440 e. The zero-order valence-electron chi connectivity index (χ0n) is 13.0. The summed E-state index contributed by atoms with van der Waals surface area (Å²) in [5.41, 5.74) is 0.756. The summed E-state index contributed by atoms with van der Waals surface area (Å²) in [7, 11) is 0. The zero-order valence-corrected chi connectivity index (χ0v) is 13.9. The fourth-order valence-electron chi connectivity index (χ4n) is 2.67. The SMILES string of the molecule is CCN1CCN(C(=O)Cc2nc(-c3cccs3)oc2C)CC1. The molecule has 1 aliphatic rings. The van der Waals surface area contributed by atoms with Crippen molar-refractivity contribution in [2.75, 3.05) is 32.7 Å². The van der Waals surface area contributed by atoms with E-state index in [0.717, 1.165) is 49.1 Å². The first-order valence-corrected chi connectivity index (χ1v) is 8.55. The van der Waals surface area contributed by atoms with Crippen molar-refractivity contribution in [3.8, 4) is 10.8 Å². The van der Waals surface area contributed by atoms with Gasteiger partial charge in [-0.15, -0.1) is 11.3 Å². The van der Waals surface area contributed by atoms with Crippen LogP contribution in [0.3, 0.4) is 0 Å². The number of hydrogen-bond donors (Lipinski definition) is 0. The molecule has 5 nitrogen and oxygen atoms in total. The van der Waals surface area contributed by atoms with Crippen molar-refractivity contribution in [3.63, 3.8) is 0 Å². The molecule has 3 heterocycles. The highest BCUT2D eigenvalue weighted by Gasteiger charge is 2.22. The van der Waals surface area contributed by atoms with Crippen LogP contribution in [0.25, 0.3) is 10.8 Å². The van der Waals surface area contributed by atoms with E-state index < -0.39 is 0 Å². The topological polar surface area (TPSA) is 49.6 Å². The lowest BCUT2D eigenvalue weighted by atomic mass is 10.2. The molecular weight excluding hydrogens is 298 g/mol. The highest BCUT2D eigenvalue weighted by atomic mass is 32.1. The molecule has 0 N–H and O–H groups in total. The first kappa shape index (κ1) is 15.2. The fourth-order valence-corrected chi connectivity index (χ4v) is 3.32. The lowest BCUT2D eigenvalue weighted by Gasteiger charge is -2.34. The van der Waals surface area contributed by atoms with Gasteiger partial charge in [-0.2, -0.15) is 0 Å². The van der Waals surface area contributed by atoms with Crippen LogP contribution < -0.4 is 0 Å². The van der Waals surface area contributed by atoms with Gasteiger partial charge in [-0.1, -0.05) is 13.0 Å². The van der Waals surface area contributed by atoms with E-state index in [0.29, 0.717) is 12.3 Å². The van der Waals surface area contributed by atoms with Crippen molar-refractivity contribution in [2.24, 2.45) is 0 Å². The van der Waals surface area contributed by atoms with Gasteiger partial charge < -0.3 is 14.2 Å². The van der Waals surface area contributed by atoms with Crippen LogP contribution >= 0.6 is 11.3 Å². The number of amides is 1. The third-order valence-corrected chi connectivity index (χ3v) is 4.97. The highest BCUT2D eigenvalue weighted by Crippen LogP contribution is 2.26. The van der Waals surface area contributed by atoms with Gasteiger partial charge in [0.15, 0.2) is 0 Å². The number of hydrogen-bond acceptors (Lipinski definition) is 5. The molecule has 6 heteroatoms. The van der Waals surface area contributed by atoms with Crippen molar-refractivity contribution >= 4 is 17.2 Å². The van der Waals surface area contributed by atoms with Crippen LogP contribution in [0, 0.1) is 6.92 Å². The molecule has 0 bridgehead atoms. The summed E-state index contributed by atoms with van der Waals surface area (Å²) in [6.07, 6.45) is 0.326. The normalized spacial score (nSPS) is 16.2. The number of carbonyl (C=O) groups is 1. The summed E-state index contributed by atoms with van der Waals surface area (Å²) in [5.74, 6) is 1.50. The second-order valence-electron chi connectivity index (χ2n) is 5.49. The Kier molecular flexibility index (Phi) is 4.59. The fraction of sp³-hybridized carbons (Fsp3) is 0.500. The summed E-state index contributed by atoms with van der Waals surface area (Å²) in [6.45, 7) is 8.61. The van der Waals surface area contributed by atoms with Crippen molar-refractivity contribution < 1.29 is 9.21 Å². The molecule has 22 heavy (non-hydrogen) atoms. The monoisotopic (exact) mass is 319 g/mol. The maximum absolute atomic E-state index is 12.4. The van der Waals surface area contributed by atoms with Crippen LogP contribution in [0.1, 0.15) is 18.4 Å². The second kappa shape index (κ2) is 6.62. The smallest absolute Gasteiger partial charge is 0.236 e. The Morgan fingerprint density at radius 2 is 2.14 bits per heavy atom. The molecular formula is C16H21N3O2S. The third kappa shape index (κ3) is 3.23. The van der Waals surface area contributed by atoms with Gasteiger partial charge in [0.2, 0.25) is 11.8 Å². The number of oxazole rings is 1. The predicted molar refractivity (Wildman–Crippen MR) is 87.0 cm³/mol. The molecule has 0 aliphatic carbocycles.